The average Bonchev–Trinajstić information content (AvgIpc) is 3.27. The van der Waals surface area contributed by atoms with Crippen molar-refractivity contribution in [3.63, 3.8) is 0 Å². The Labute approximate surface area is 189 Å². The highest BCUT2D eigenvalue weighted by molar-refractivity contribution is 7.92. The lowest BCUT2D eigenvalue weighted by atomic mass is 10.1. The van der Waals surface area contributed by atoms with Crippen molar-refractivity contribution in [2.45, 2.75) is 38.1 Å². The first-order chi connectivity index (χ1) is 15.5. The predicted molar refractivity (Wildman–Crippen MR) is 128 cm³/mol. The van der Waals surface area contributed by atoms with Crippen molar-refractivity contribution < 1.29 is 12.8 Å². The molecule has 0 unspecified atom stereocenters. The van der Waals surface area contributed by atoms with Gasteiger partial charge in [-0.15, -0.1) is 0 Å². The number of hydrogen-bond acceptors (Lipinski definition) is 4. The molecule has 5 nitrogen and oxygen atoms in total. The van der Waals surface area contributed by atoms with Crippen molar-refractivity contribution in [1.29, 1.82) is 0 Å². The lowest BCUT2D eigenvalue weighted by molar-refractivity contribution is 0.581. The molecule has 4 rings (SSSR count). The molecule has 32 heavy (non-hydrogen) atoms. The normalized spacial score (nSPS) is 11.4. The fourth-order valence-electron chi connectivity index (χ4n) is 3.53. The van der Waals surface area contributed by atoms with Crippen LogP contribution < -0.4 is 4.72 Å². The molecule has 1 aromatic heterocycles. The molecule has 0 spiro atoms. The Hall–Kier alpha value is -3.38. The van der Waals surface area contributed by atoms with Crippen molar-refractivity contribution in [3.8, 4) is 22.8 Å². The van der Waals surface area contributed by atoms with Gasteiger partial charge < -0.3 is 4.42 Å². The first-order valence-electron chi connectivity index (χ1n) is 10.7. The molecule has 0 saturated carbocycles. The summed E-state index contributed by atoms with van der Waals surface area (Å²) >= 11 is 0. The summed E-state index contributed by atoms with van der Waals surface area (Å²) in [4.78, 5) is 4.40. The van der Waals surface area contributed by atoms with Gasteiger partial charge in [0.05, 0.1) is 5.69 Å². The van der Waals surface area contributed by atoms with E-state index in [1.807, 2.05) is 85.8 Å². The Kier molecular flexibility index (Phi) is 6.42. The highest BCUT2D eigenvalue weighted by Crippen LogP contribution is 2.33. The van der Waals surface area contributed by atoms with Gasteiger partial charge in [0.2, 0.25) is 10.9 Å². The van der Waals surface area contributed by atoms with Crippen LogP contribution in [0.25, 0.3) is 22.8 Å². The molecule has 0 bridgehead atoms. The van der Waals surface area contributed by atoms with Gasteiger partial charge in [0.1, 0.15) is 0 Å². The summed E-state index contributed by atoms with van der Waals surface area (Å²) < 4.78 is 35.5. The second kappa shape index (κ2) is 9.40. The molecule has 0 amide bonds. The predicted octanol–water partition coefficient (Wildman–Crippen LogP) is 6.46. The Bertz CT molecular complexity index is 1300. The second-order valence-corrected chi connectivity index (χ2v) is 9.34. The average molecular weight is 447 g/mol. The molecule has 0 saturated heterocycles. The smallest absolute Gasteiger partial charge is 0.283 e. The van der Waals surface area contributed by atoms with Crippen LogP contribution in [-0.2, 0) is 16.4 Å². The molecule has 0 aliphatic heterocycles. The van der Waals surface area contributed by atoms with E-state index in [1.165, 1.54) is 5.56 Å². The van der Waals surface area contributed by atoms with Gasteiger partial charge in [-0.1, -0.05) is 74.0 Å². The molecular formula is C26H26N2O3S. The third-order valence-electron chi connectivity index (χ3n) is 5.26. The number of benzene rings is 3. The summed E-state index contributed by atoms with van der Waals surface area (Å²) in [6.45, 7) is 4.06. The summed E-state index contributed by atoms with van der Waals surface area (Å²) in [7, 11) is -3.99. The standard InChI is InChI=1S/C26H26N2O3S/c1-3-4-11-20-16-17-23(19(2)18-20)28-32(29,30)26-24(21-12-7-5-8-13-21)31-25(27-26)22-14-9-6-10-15-22/h5-10,12-18,28H,3-4,11H2,1-2H3. The quantitative estimate of drug-likeness (QED) is 0.337. The number of rotatable bonds is 8. The van der Waals surface area contributed by atoms with E-state index in [-0.39, 0.29) is 16.7 Å². The maximum atomic E-state index is 13.4. The summed E-state index contributed by atoms with van der Waals surface area (Å²) in [5.74, 6) is 0.477. The monoisotopic (exact) mass is 446 g/mol. The first-order valence-corrected chi connectivity index (χ1v) is 12.2. The Morgan fingerprint density at radius 3 is 2.19 bits per heavy atom. The molecule has 0 radical (unpaired) electrons. The zero-order valence-electron chi connectivity index (χ0n) is 18.2. The molecule has 4 aromatic rings. The van der Waals surface area contributed by atoms with E-state index in [2.05, 4.69) is 16.6 Å². The largest absolute Gasteiger partial charge is 0.435 e. The number of unbranched alkanes of at least 4 members (excludes halogenated alkanes) is 1. The summed E-state index contributed by atoms with van der Waals surface area (Å²) in [6.07, 6.45) is 3.20. The Balaban J connectivity index is 1.73. The molecular weight excluding hydrogens is 420 g/mol. The molecule has 3 aromatic carbocycles. The topological polar surface area (TPSA) is 72.2 Å². The maximum Gasteiger partial charge on any atom is 0.283 e. The van der Waals surface area contributed by atoms with Crippen LogP contribution in [0, 0.1) is 6.92 Å². The lowest BCUT2D eigenvalue weighted by Crippen LogP contribution is -2.15. The van der Waals surface area contributed by atoms with E-state index in [1.54, 1.807) is 0 Å². The zero-order valence-corrected chi connectivity index (χ0v) is 19.0. The Morgan fingerprint density at radius 1 is 0.906 bits per heavy atom. The maximum absolute atomic E-state index is 13.4. The van der Waals surface area contributed by atoms with Gasteiger partial charge in [-0.2, -0.15) is 13.4 Å². The number of nitrogens with zero attached hydrogens (tertiary/aromatic N) is 1. The molecule has 0 aliphatic rings. The number of sulfonamides is 1. The van der Waals surface area contributed by atoms with E-state index >= 15 is 0 Å². The molecule has 0 fully saturated rings. The van der Waals surface area contributed by atoms with Crippen LogP contribution in [0.4, 0.5) is 5.69 Å². The van der Waals surface area contributed by atoms with Gasteiger partial charge in [0, 0.05) is 11.1 Å². The van der Waals surface area contributed by atoms with Gasteiger partial charge in [0.25, 0.3) is 10.0 Å². The van der Waals surface area contributed by atoms with Crippen LogP contribution in [0.3, 0.4) is 0 Å². The van der Waals surface area contributed by atoms with Crippen LogP contribution in [0.15, 0.2) is 88.3 Å². The first kappa shape index (κ1) is 21.8. The van der Waals surface area contributed by atoms with E-state index in [9.17, 15) is 8.42 Å². The van der Waals surface area contributed by atoms with E-state index in [0.29, 0.717) is 16.8 Å². The van der Waals surface area contributed by atoms with Crippen LogP contribution in [0.2, 0.25) is 0 Å². The van der Waals surface area contributed by atoms with Gasteiger partial charge in [-0.3, -0.25) is 4.72 Å². The minimum atomic E-state index is -3.99. The number of aryl methyl sites for hydroxylation is 2. The molecule has 0 aliphatic carbocycles. The Morgan fingerprint density at radius 2 is 1.56 bits per heavy atom. The highest BCUT2D eigenvalue weighted by Gasteiger charge is 2.28. The minimum absolute atomic E-state index is 0.128. The van der Waals surface area contributed by atoms with Crippen LogP contribution in [-0.4, -0.2) is 13.4 Å². The van der Waals surface area contributed by atoms with E-state index in [4.69, 9.17) is 4.42 Å². The third-order valence-corrected chi connectivity index (χ3v) is 6.54. The van der Waals surface area contributed by atoms with Crippen LogP contribution in [0.1, 0.15) is 30.9 Å². The van der Waals surface area contributed by atoms with Crippen molar-refractivity contribution in [2.24, 2.45) is 0 Å². The second-order valence-electron chi connectivity index (χ2n) is 7.74. The molecule has 164 valence electrons. The van der Waals surface area contributed by atoms with E-state index in [0.717, 1.165) is 24.8 Å². The number of aromatic nitrogens is 1. The van der Waals surface area contributed by atoms with Crippen molar-refractivity contribution >= 4 is 15.7 Å². The summed E-state index contributed by atoms with van der Waals surface area (Å²) in [6, 6.07) is 24.3. The number of oxazole rings is 1. The number of anilines is 1. The van der Waals surface area contributed by atoms with Crippen LogP contribution in [0.5, 0.6) is 0 Å². The minimum Gasteiger partial charge on any atom is -0.435 e. The summed E-state index contributed by atoms with van der Waals surface area (Å²) in [5, 5.41) is -0.128. The zero-order chi connectivity index (χ0) is 22.6. The summed E-state index contributed by atoms with van der Waals surface area (Å²) in [5.41, 5.74) is 3.96. The fraction of sp³-hybridized carbons (Fsp3) is 0.192. The third kappa shape index (κ3) is 4.75. The fourth-order valence-corrected chi connectivity index (χ4v) is 4.76. The molecule has 6 heteroatoms. The van der Waals surface area contributed by atoms with E-state index < -0.39 is 10.0 Å². The van der Waals surface area contributed by atoms with Gasteiger partial charge in [-0.05, 0) is 49.1 Å². The highest BCUT2D eigenvalue weighted by atomic mass is 32.2. The molecule has 1 heterocycles. The SMILES string of the molecule is CCCCc1ccc(NS(=O)(=O)c2nc(-c3ccccc3)oc2-c2ccccc2)c(C)c1. The number of nitrogens with one attached hydrogen (secondary N) is 1. The number of hydrogen-bond donors (Lipinski definition) is 1. The lowest BCUT2D eigenvalue weighted by Gasteiger charge is -2.11. The molecule has 1 N–H and O–H groups in total. The van der Waals surface area contributed by atoms with Crippen molar-refractivity contribution in [2.75, 3.05) is 4.72 Å². The van der Waals surface area contributed by atoms with Gasteiger partial charge in [0.15, 0.2) is 5.76 Å². The van der Waals surface area contributed by atoms with Crippen molar-refractivity contribution in [1.82, 2.24) is 4.98 Å². The van der Waals surface area contributed by atoms with Crippen molar-refractivity contribution in [3.05, 3.63) is 90.0 Å². The van der Waals surface area contributed by atoms with Gasteiger partial charge >= 0.3 is 0 Å². The van der Waals surface area contributed by atoms with Gasteiger partial charge in [-0.25, -0.2) is 0 Å². The van der Waals surface area contributed by atoms with Crippen LogP contribution >= 0.6 is 0 Å². The molecule has 0 atom stereocenters.